The summed E-state index contributed by atoms with van der Waals surface area (Å²) in [5, 5.41) is 6.02. The molecule has 0 unspecified atom stereocenters. The van der Waals surface area contributed by atoms with E-state index in [1.807, 2.05) is 12.1 Å². The smallest absolute Gasteiger partial charge is 0.0587 e. The summed E-state index contributed by atoms with van der Waals surface area (Å²) in [6.45, 7) is 3.07. The lowest BCUT2D eigenvalue weighted by atomic mass is 10.2. The van der Waals surface area contributed by atoms with Gasteiger partial charge in [-0.15, -0.1) is 0 Å². The third-order valence-electron chi connectivity index (χ3n) is 4.03. The van der Waals surface area contributed by atoms with E-state index >= 15 is 0 Å². The Morgan fingerprint density at radius 1 is 1.08 bits per heavy atom. The van der Waals surface area contributed by atoms with Crippen LogP contribution in [-0.4, -0.2) is 24.8 Å². The summed E-state index contributed by atoms with van der Waals surface area (Å²) >= 11 is 12.3. The minimum Gasteiger partial charge on any atom is -0.383 e. The number of methoxy groups -OCH3 is 1. The van der Waals surface area contributed by atoms with Crippen molar-refractivity contribution < 1.29 is 4.74 Å². The molecule has 0 radical (unpaired) electrons. The standard InChI is InChI=1S/C19H20Cl2N2O/c1-24-9-8-22-11-15-13-23(19-5-3-2-4-17(15)19)12-14-6-7-16(20)10-18(14)21/h2-7,10,13,22H,8-9,11-12H2,1H3. The van der Waals surface area contributed by atoms with Gasteiger partial charge < -0.3 is 14.6 Å². The van der Waals surface area contributed by atoms with Gasteiger partial charge in [0.2, 0.25) is 0 Å². The van der Waals surface area contributed by atoms with Gasteiger partial charge in [-0.25, -0.2) is 0 Å². The van der Waals surface area contributed by atoms with Gasteiger partial charge in [0.05, 0.1) is 6.61 Å². The molecule has 0 spiro atoms. The molecule has 0 fully saturated rings. The second kappa shape index (κ2) is 8.04. The Labute approximate surface area is 152 Å². The molecule has 0 aliphatic carbocycles. The van der Waals surface area contributed by atoms with Crippen LogP contribution in [0.2, 0.25) is 10.0 Å². The maximum atomic E-state index is 6.33. The van der Waals surface area contributed by atoms with Gasteiger partial charge in [-0.05, 0) is 29.3 Å². The van der Waals surface area contributed by atoms with Crippen molar-refractivity contribution >= 4 is 34.1 Å². The van der Waals surface area contributed by atoms with Crippen molar-refractivity contribution in [3.05, 3.63) is 69.8 Å². The predicted octanol–water partition coefficient (Wildman–Crippen LogP) is 4.73. The molecule has 0 bridgehead atoms. The molecule has 2 aromatic carbocycles. The summed E-state index contributed by atoms with van der Waals surface area (Å²) in [5.74, 6) is 0. The number of ether oxygens (including phenoxy) is 1. The van der Waals surface area contributed by atoms with Crippen molar-refractivity contribution in [1.29, 1.82) is 0 Å². The quantitative estimate of drug-likeness (QED) is 0.614. The fourth-order valence-corrected chi connectivity index (χ4v) is 3.29. The van der Waals surface area contributed by atoms with Crippen LogP contribution in [0, 0.1) is 0 Å². The van der Waals surface area contributed by atoms with Crippen LogP contribution in [0.4, 0.5) is 0 Å². The Morgan fingerprint density at radius 3 is 2.71 bits per heavy atom. The summed E-state index contributed by atoms with van der Waals surface area (Å²) < 4.78 is 7.32. The van der Waals surface area contributed by atoms with Crippen LogP contribution in [0.5, 0.6) is 0 Å². The van der Waals surface area contributed by atoms with Crippen molar-refractivity contribution in [2.45, 2.75) is 13.1 Å². The number of nitrogens with zero attached hydrogens (tertiary/aromatic N) is 1. The molecular formula is C19H20Cl2N2O. The van der Waals surface area contributed by atoms with Gasteiger partial charge in [-0.2, -0.15) is 0 Å². The normalized spacial score (nSPS) is 11.3. The fourth-order valence-electron chi connectivity index (χ4n) is 2.83. The first-order valence-corrected chi connectivity index (χ1v) is 8.65. The highest BCUT2D eigenvalue weighted by Gasteiger charge is 2.10. The summed E-state index contributed by atoms with van der Waals surface area (Å²) in [6.07, 6.45) is 2.19. The number of benzene rings is 2. The van der Waals surface area contributed by atoms with Crippen LogP contribution in [0.1, 0.15) is 11.1 Å². The summed E-state index contributed by atoms with van der Waals surface area (Å²) in [4.78, 5) is 0. The van der Waals surface area contributed by atoms with Crippen molar-refractivity contribution in [1.82, 2.24) is 9.88 Å². The van der Waals surface area contributed by atoms with E-state index in [4.69, 9.17) is 27.9 Å². The van der Waals surface area contributed by atoms with E-state index in [1.54, 1.807) is 13.2 Å². The Hall–Kier alpha value is -1.52. The van der Waals surface area contributed by atoms with Gasteiger partial charge in [-0.1, -0.05) is 47.5 Å². The van der Waals surface area contributed by atoms with Gasteiger partial charge in [0.25, 0.3) is 0 Å². The third kappa shape index (κ3) is 3.93. The van der Waals surface area contributed by atoms with Crippen LogP contribution < -0.4 is 5.32 Å². The first-order chi connectivity index (χ1) is 11.7. The zero-order valence-corrected chi connectivity index (χ0v) is 15.1. The zero-order chi connectivity index (χ0) is 16.9. The van der Waals surface area contributed by atoms with Crippen LogP contribution in [0.3, 0.4) is 0 Å². The first kappa shape index (κ1) is 17.3. The topological polar surface area (TPSA) is 26.2 Å². The Balaban J connectivity index is 1.87. The largest absolute Gasteiger partial charge is 0.383 e. The molecule has 3 aromatic rings. The Bertz CT molecular complexity index is 829. The average molecular weight is 363 g/mol. The lowest BCUT2D eigenvalue weighted by Crippen LogP contribution is -2.18. The van der Waals surface area contributed by atoms with Gasteiger partial charge in [0.1, 0.15) is 0 Å². The minimum atomic E-state index is 0.657. The van der Waals surface area contributed by atoms with Crippen LogP contribution in [0.15, 0.2) is 48.7 Å². The highest BCUT2D eigenvalue weighted by atomic mass is 35.5. The van der Waals surface area contributed by atoms with Gasteiger partial charge >= 0.3 is 0 Å². The highest BCUT2D eigenvalue weighted by molar-refractivity contribution is 6.35. The molecule has 0 saturated carbocycles. The van der Waals surface area contributed by atoms with Gasteiger partial charge in [0, 0.05) is 53.9 Å². The Morgan fingerprint density at radius 2 is 1.92 bits per heavy atom. The molecule has 1 aromatic heterocycles. The number of fused-ring (bicyclic) bond motifs is 1. The lowest BCUT2D eigenvalue weighted by Gasteiger charge is -2.08. The van der Waals surface area contributed by atoms with E-state index in [9.17, 15) is 0 Å². The number of rotatable bonds is 7. The van der Waals surface area contributed by atoms with Crippen molar-refractivity contribution in [3.63, 3.8) is 0 Å². The molecule has 3 nitrogen and oxygen atoms in total. The van der Waals surface area contributed by atoms with E-state index in [2.05, 4.69) is 40.3 Å². The van der Waals surface area contributed by atoms with Gasteiger partial charge in [-0.3, -0.25) is 0 Å². The average Bonchev–Trinajstić information content (AvgIpc) is 2.92. The molecule has 126 valence electrons. The van der Waals surface area contributed by atoms with Crippen LogP contribution in [0.25, 0.3) is 10.9 Å². The van der Waals surface area contributed by atoms with E-state index in [0.29, 0.717) is 23.2 Å². The van der Waals surface area contributed by atoms with E-state index in [1.165, 1.54) is 16.5 Å². The number of halogens is 2. The Kier molecular flexibility index (Phi) is 5.80. The zero-order valence-electron chi connectivity index (χ0n) is 13.6. The maximum absolute atomic E-state index is 6.33. The van der Waals surface area contributed by atoms with Crippen molar-refractivity contribution in [2.75, 3.05) is 20.3 Å². The molecule has 0 aliphatic heterocycles. The second-order valence-electron chi connectivity index (χ2n) is 5.70. The molecule has 0 saturated heterocycles. The lowest BCUT2D eigenvalue weighted by molar-refractivity contribution is 0.199. The molecule has 5 heteroatoms. The monoisotopic (exact) mass is 362 g/mol. The molecule has 0 amide bonds. The number of nitrogens with one attached hydrogen (secondary N) is 1. The van der Waals surface area contributed by atoms with Gasteiger partial charge in [0.15, 0.2) is 0 Å². The number of hydrogen-bond acceptors (Lipinski definition) is 2. The molecule has 3 rings (SSSR count). The van der Waals surface area contributed by atoms with Crippen molar-refractivity contribution in [3.8, 4) is 0 Å². The van der Waals surface area contributed by atoms with E-state index in [0.717, 1.165) is 18.7 Å². The predicted molar refractivity (Wildman–Crippen MR) is 101 cm³/mol. The minimum absolute atomic E-state index is 0.657. The maximum Gasteiger partial charge on any atom is 0.0587 e. The molecule has 1 N–H and O–H groups in total. The van der Waals surface area contributed by atoms with E-state index < -0.39 is 0 Å². The molecular weight excluding hydrogens is 343 g/mol. The number of hydrogen-bond donors (Lipinski definition) is 1. The summed E-state index contributed by atoms with van der Waals surface area (Å²) in [5.41, 5.74) is 3.53. The fraction of sp³-hybridized carbons (Fsp3) is 0.263. The molecule has 1 heterocycles. The summed E-state index contributed by atoms with van der Waals surface area (Å²) in [6, 6.07) is 14.1. The third-order valence-corrected chi connectivity index (χ3v) is 4.61. The number of aromatic nitrogens is 1. The number of para-hydroxylation sites is 1. The van der Waals surface area contributed by atoms with Crippen LogP contribution >= 0.6 is 23.2 Å². The SMILES string of the molecule is COCCNCc1cn(Cc2ccc(Cl)cc2Cl)c2ccccc12. The molecule has 0 aliphatic rings. The summed E-state index contributed by atoms with van der Waals surface area (Å²) in [7, 11) is 1.71. The second-order valence-corrected chi connectivity index (χ2v) is 6.55. The first-order valence-electron chi connectivity index (χ1n) is 7.89. The van der Waals surface area contributed by atoms with Crippen LogP contribution in [-0.2, 0) is 17.8 Å². The molecule has 24 heavy (non-hydrogen) atoms. The highest BCUT2D eigenvalue weighted by Crippen LogP contribution is 2.26. The molecule has 0 atom stereocenters. The van der Waals surface area contributed by atoms with Crippen molar-refractivity contribution in [2.24, 2.45) is 0 Å². The van der Waals surface area contributed by atoms with E-state index in [-0.39, 0.29) is 0 Å².